The summed E-state index contributed by atoms with van der Waals surface area (Å²) in [6.07, 6.45) is 2.55. The van der Waals surface area contributed by atoms with Crippen LogP contribution in [0.25, 0.3) is 0 Å². The third kappa shape index (κ3) is 4.55. The Kier molecular flexibility index (Phi) is 5.64. The number of carbonyl (C=O) groups excluding carboxylic acids is 3. The van der Waals surface area contributed by atoms with E-state index in [0.717, 1.165) is 25.0 Å². The molecule has 1 saturated heterocycles. The van der Waals surface area contributed by atoms with Crippen LogP contribution in [0.4, 0.5) is 19.3 Å². The average Bonchev–Trinajstić information content (AvgIpc) is 3.35. The summed E-state index contributed by atoms with van der Waals surface area (Å²) in [6.45, 7) is 1.07. The molecule has 27 heavy (non-hydrogen) atoms. The van der Waals surface area contributed by atoms with Gasteiger partial charge in [0.1, 0.15) is 17.3 Å². The van der Waals surface area contributed by atoms with E-state index in [4.69, 9.17) is 5.73 Å². The summed E-state index contributed by atoms with van der Waals surface area (Å²) < 4.78 is 27.7. The Hall–Kier alpha value is -2.23. The molecule has 3 rings (SSSR count). The molecular formula is C17H19BrF2N4O3. The van der Waals surface area contributed by atoms with Crippen LogP contribution in [0.3, 0.4) is 0 Å². The summed E-state index contributed by atoms with van der Waals surface area (Å²) in [7, 11) is 0. The number of anilines is 1. The van der Waals surface area contributed by atoms with Crippen LogP contribution in [0.15, 0.2) is 16.6 Å². The number of hydrogen-bond acceptors (Lipinski definition) is 3. The fourth-order valence-electron chi connectivity index (χ4n) is 3.14. The fraction of sp³-hybridized carbons (Fsp3) is 0.471. The summed E-state index contributed by atoms with van der Waals surface area (Å²) in [6, 6.07) is 0.446. The average molecular weight is 445 g/mol. The smallest absolute Gasteiger partial charge is 0.338 e. The normalized spacial score (nSPS) is 19.1. The maximum atomic E-state index is 14.1. The fourth-order valence-corrected chi connectivity index (χ4v) is 3.45. The molecule has 0 radical (unpaired) electrons. The highest BCUT2D eigenvalue weighted by atomic mass is 79.9. The van der Waals surface area contributed by atoms with E-state index < -0.39 is 29.3 Å². The van der Waals surface area contributed by atoms with Crippen LogP contribution in [-0.4, -0.2) is 35.8 Å². The van der Waals surface area contributed by atoms with Crippen molar-refractivity contribution in [3.8, 4) is 0 Å². The van der Waals surface area contributed by atoms with E-state index in [2.05, 4.69) is 21.4 Å². The Labute approximate surface area is 162 Å². The van der Waals surface area contributed by atoms with Crippen molar-refractivity contribution >= 4 is 39.5 Å². The molecule has 1 saturated carbocycles. The highest BCUT2D eigenvalue weighted by Gasteiger charge is 2.37. The molecule has 1 aromatic rings. The molecule has 3 N–H and O–H groups in total. The van der Waals surface area contributed by atoms with Crippen molar-refractivity contribution in [2.45, 2.75) is 25.7 Å². The molecule has 0 unspecified atom stereocenters. The third-order valence-corrected chi connectivity index (χ3v) is 5.29. The lowest BCUT2D eigenvalue weighted by Crippen LogP contribution is -2.50. The molecule has 2 aliphatic rings. The second-order valence-electron chi connectivity index (χ2n) is 6.84. The Balaban J connectivity index is 1.62. The van der Waals surface area contributed by atoms with Gasteiger partial charge in [-0.3, -0.25) is 15.0 Å². The highest BCUT2D eigenvalue weighted by Crippen LogP contribution is 2.33. The van der Waals surface area contributed by atoms with Crippen molar-refractivity contribution in [1.82, 2.24) is 10.3 Å². The Morgan fingerprint density at radius 2 is 1.93 bits per heavy atom. The van der Waals surface area contributed by atoms with E-state index in [0.29, 0.717) is 24.5 Å². The molecule has 1 aliphatic carbocycles. The van der Waals surface area contributed by atoms with Crippen molar-refractivity contribution in [2.75, 3.05) is 18.1 Å². The highest BCUT2D eigenvalue weighted by molar-refractivity contribution is 9.10. The van der Waals surface area contributed by atoms with Crippen LogP contribution in [0, 0.1) is 23.5 Å². The molecule has 2 fully saturated rings. The first-order valence-electron chi connectivity index (χ1n) is 8.58. The van der Waals surface area contributed by atoms with Gasteiger partial charge in [-0.1, -0.05) is 0 Å². The van der Waals surface area contributed by atoms with Crippen LogP contribution in [-0.2, 0) is 9.59 Å². The number of primary amides is 1. The van der Waals surface area contributed by atoms with Crippen LogP contribution >= 0.6 is 15.9 Å². The number of amides is 4. The number of hydrogen-bond donors (Lipinski definition) is 2. The van der Waals surface area contributed by atoms with Crippen molar-refractivity contribution < 1.29 is 23.2 Å². The first kappa shape index (κ1) is 19.5. The molecule has 10 heteroatoms. The lowest BCUT2D eigenvalue weighted by Gasteiger charge is -2.23. The van der Waals surface area contributed by atoms with Gasteiger partial charge in [-0.15, -0.1) is 0 Å². The second-order valence-corrected chi connectivity index (χ2v) is 7.70. The second kappa shape index (κ2) is 7.79. The van der Waals surface area contributed by atoms with Crippen LogP contribution in [0.2, 0.25) is 0 Å². The first-order chi connectivity index (χ1) is 12.8. The lowest BCUT2D eigenvalue weighted by molar-refractivity contribution is -0.132. The van der Waals surface area contributed by atoms with E-state index in [1.807, 2.05) is 0 Å². The molecule has 0 bridgehead atoms. The van der Waals surface area contributed by atoms with Crippen LogP contribution < -0.4 is 16.2 Å². The number of nitrogens with two attached hydrogens (primary N) is 1. The number of nitrogens with zero attached hydrogens (tertiary/aromatic N) is 2. The zero-order chi connectivity index (χ0) is 19.7. The quantitative estimate of drug-likeness (QED) is 0.550. The number of rotatable bonds is 4. The van der Waals surface area contributed by atoms with Crippen molar-refractivity contribution in [3.05, 3.63) is 28.2 Å². The van der Waals surface area contributed by atoms with Crippen LogP contribution in [0.1, 0.15) is 25.7 Å². The predicted octanol–water partition coefficient (Wildman–Crippen LogP) is 2.29. The summed E-state index contributed by atoms with van der Waals surface area (Å²) in [5, 5.41) is 0.481. The number of carbonyl (C=O) groups is 3. The number of hydrazine groups is 1. The van der Waals surface area contributed by atoms with Gasteiger partial charge in [-0.25, -0.2) is 18.6 Å². The van der Waals surface area contributed by atoms with Gasteiger partial charge in [0.15, 0.2) is 0 Å². The summed E-state index contributed by atoms with van der Waals surface area (Å²) in [5.74, 6) is -2.11. The summed E-state index contributed by atoms with van der Waals surface area (Å²) in [5.41, 5.74) is 6.93. The zero-order valence-electron chi connectivity index (χ0n) is 14.4. The topological polar surface area (TPSA) is 95.7 Å². The van der Waals surface area contributed by atoms with E-state index in [1.54, 1.807) is 4.90 Å². The van der Waals surface area contributed by atoms with Gasteiger partial charge in [0.25, 0.3) is 0 Å². The predicted molar refractivity (Wildman–Crippen MR) is 96.3 cm³/mol. The molecule has 0 spiro atoms. The minimum atomic E-state index is -1.15. The van der Waals surface area contributed by atoms with E-state index in [9.17, 15) is 23.2 Å². The standard InChI is InChI=1S/C17H19BrF2N4O3/c18-11-6-13(20)14(7-12(11)19)24(17(21)27)22-15(25)5-9-3-4-23(8-9)16(26)10-1-2-10/h6-7,9-10H,1-5,8H2,(H2,21,27)(H,22,25)/t9-/m0/s1. The minimum absolute atomic E-state index is 0.0405. The Morgan fingerprint density at radius 3 is 2.56 bits per heavy atom. The maximum absolute atomic E-state index is 14.1. The largest absolute Gasteiger partial charge is 0.350 e. The minimum Gasteiger partial charge on any atom is -0.350 e. The number of halogens is 3. The van der Waals surface area contributed by atoms with Crippen molar-refractivity contribution in [1.29, 1.82) is 0 Å². The first-order valence-corrected chi connectivity index (χ1v) is 9.38. The summed E-state index contributed by atoms with van der Waals surface area (Å²) >= 11 is 2.84. The van der Waals surface area contributed by atoms with E-state index in [1.165, 1.54) is 0 Å². The number of benzene rings is 1. The summed E-state index contributed by atoms with van der Waals surface area (Å²) in [4.78, 5) is 37.7. The zero-order valence-corrected chi connectivity index (χ0v) is 16.0. The van der Waals surface area contributed by atoms with Gasteiger partial charge >= 0.3 is 6.03 Å². The number of likely N-dealkylation sites (tertiary alicyclic amines) is 1. The van der Waals surface area contributed by atoms with E-state index in [-0.39, 0.29) is 28.6 Å². The molecule has 1 aliphatic heterocycles. The van der Waals surface area contributed by atoms with Gasteiger partial charge in [-0.05, 0) is 47.2 Å². The Bertz CT molecular complexity index is 788. The number of nitrogens with one attached hydrogen (secondary N) is 1. The molecule has 4 amide bonds. The molecule has 1 atom stereocenters. The van der Waals surface area contributed by atoms with Gasteiger partial charge in [0.2, 0.25) is 11.8 Å². The lowest BCUT2D eigenvalue weighted by atomic mass is 10.1. The number of urea groups is 1. The SMILES string of the molecule is NC(=O)N(NC(=O)C[C@@H]1CCN(C(=O)C2CC2)C1)c1cc(F)c(Br)cc1F. The van der Waals surface area contributed by atoms with Gasteiger partial charge in [0.05, 0.1) is 4.47 Å². The molecule has 7 nitrogen and oxygen atoms in total. The molecular weight excluding hydrogens is 426 g/mol. The molecule has 146 valence electrons. The molecule has 0 aromatic heterocycles. The Morgan fingerprint density at radius 1 is 1.22 bits per heavy atom. The third-order valence-electron chi connectivity index (χ3n) is 4.69. The maximum Gasteiger partial charge on any atom is 0.338 e. The van der Waals surface area contributed by atoms with E-state index >= 15 is 0 Å². The van der Waals surface area contributed by atoms with Gasteiger partial charge in [-0.2, -0.15) is 0 Å². The van der Waals surface area contributed by atoms with Crippen molar-refractivity contribution in [2.24, 2.45) is 17.6 Å². The van der Waals surface area contributed by atoms with Gasteiger partial charge in [0, 0.05) is 31.5 Å². The van der Waals surface area contributed by atoms with Crippen molar-refractivity contribution in [3.63, 3.8) is 0 Å². The molecule has 1 aromatic carbocycles. The van der Waals surface area contributed by atoms with Crippen LogP contribution in [0.5, 0.6) is 0 Å². The monoisotopic (exact) mass is 444 g/mol. The van der Waals surface area contributed by atoms with Gasteiger partial charge < -0.3 is 10.6 Å². The molecule has 1 heterocycles.